The maximum absolute atomic E-state index is 13.3. The fraction of sp³-hybridized carbons (Fsp3) is 0.514. The molecule has 6 nitrogen and oxygen atoms in total. The molecule has 2 N–H and O–H groups in total. The first-order valence-corrected chi connectivity index (χ1v) is 16.4. The molecule has 1 aromatic carbocycles. The molecule has 2 heterocycles. The number of nitrogens with one attached hydrogen (secondary N) is 2. The SMILES string of the molecule is CN[C@H]1CCCC[C@H]1C(=O)N[C@@H](CC(C)C)C(=O)CN1CCCC2=C(C=CCC=C2)C1.O=Cc1cc2ccccc2s1. The van der Waals surface area contributed by atoms with Gasteiger partial charge in [-0.3, -0.25) is 19.3 Å². The predicted octanol–water partition coefficient (Wildman–Crippen LogP) is 6.49. The van der Waals surface area contributed by atoms with E-state index in [9.17, 15) is 14.4 Å². The number of allylic oxidation sites excluding steroid dienone is 4. The summed E-state index contributed by atoms with van der Waals surface area (Å²) in [4.78, 5) is 39.9. The minimum atomic E-state index is -0.395. The maximum atomic E-state index is 13.3. The summed E-state index contributed by atoms with van der Waals surface area (Å²) in [6.07, 6.45) is 17.8. The molecule has 1 aromatic heterocycles. The van der Waals surface area contributed by atoms with E-state index in [-0.39, 0.29) is 23.7 Å². The van der Waals surface area contributed by atoms with Crippen LogP contribution < -0.4 is 10.6 Å². The molecule has 0 spiro atoms. The summed E-state index contributed by atoms with van der Waals surface area (Å²) < 4.78 is 1.18. The van der Waals surface area contributed by atoms with Gasteiger partial charge in [-0.2, -0.15) is 0 Å². The number of aldehydes is 1. The Morgan fingerprint density at radius 2 is 1.83 bits per heavy atom. The number of hydrogen-bond acceptors (Lipinski definition) is 6. The minimum absolute atomic E-state index is 0.0324. The largest absolute Gasteiger partial charge is 0.346 e. The van der Waals surface area contributed by atoms with E-state index in [1.165, 1.54) is 33.6 Å². The van der Waals surface area contributed by atoms with Gasteiger partial charge in [0.2, 0.25) is 5.91 Å². The molecule has 226 valence electrons. The first-order valence-electron chi connectivity index (χ1n) is 15.6. The van der Waals surface area contributed by atoms with E-state index in [2.05, 4.69) is 53.7 Å². The van der Waals surface area contributed by atoms with E-state index in [1.54, 1.807) is 0 Å². The zero-order chi connectivity index (χ0) is 29.9. The number of hydrogen-bond donors (Lipinski definition) is 2. The summed E-state index contributed by atoms with van der Waals surface area (Å²) in [5, 5.41) is 7.63. The molecular weight excluding hydrogens is 542 g/mol. The van der Waals surface area contributed by atoms with Gasteiger partial charge in [0.25, 0.3) is 0 Å². The smallest absolute Gasteiger partial charge is 0.225 e. The zero-order valence-electron chi connectivity index (χ0n) is 25.4. The average Bonchev–Trinajstić information content (AvgIpc) is 3.17. The molecule has 1 saturated carbocycles. The first kappa shape index (κ1) is 32.1. The Hall–Kier alpha value is -2.87. The van der Waals surface area contributed by atoms with Crippen LogP contribution in [-0.4, -0.2) is 61.6 Å². The normalized spacial score (nSPS) is 21.6. The second kappa shape index (κ2) is 16.1. The van der Waals surface area contributed by atoms with Crippen LogP contribution in [0.1, 0.15) is 74.9 Å². The number of rotatable bonds is 9. The molecule has 1 amide bonds. The molecule has 0 radical (unpaired) electrons. The molecule has 1 aliphatic heterocycles. The second-order valence-electron chi connectivity index (χ2n) is 12.2. The highest BCUT2D eigenvalue weighted by Gasteiger charge is 2.33. The summed E-state index contributed by atoms with van der Waals surface area (Å²) in [5.41, 5.74) is 2.74. The van der Waals surface area contributed by atoms with Crippen LogP contribution in [0, 0.1) is 11.8 Å². The Bertz CT molecular complexity index is 1270. The third-order valence-electron chi connectivity index (χ3n) is 8.46. The third kappa shape index (κ3) is 9.06. The molecule has 0 saturated heterocycles. The lowest BCUT2D eigenvalue weighted by Crippen LogP contribution is -2.52. The van der Waals surface area contributed by atoms with Crippen LogP contribution in [0.4, 0.5) is 0 Å². The maximum Gasteiger partial charge on any atom is 0.225 e. The van der Waals surface area contributed by atoms with Crippen molar-refractivity contribution in [2.75, 3.05) is 26.7 Å². The number of nitrogens with zero attached hydrogens (tertiary/aromatic N) is 1. The van der Waals surface area contributed by atoms with Crippen LogP contribution in [0.2, 0.25) is 0 Å². The Kier molecular flexibility index (Phi) is 12.3. The summed E-state index contributed by atoms with van der Waals surface area (Å²) in [6.45, 7) is 6.39. The van der Waals surface area contributed by atoms with E-state index in [0.717, 1.165) is 68.2 Å². The van der Waals surface area contributed by atoms with Crippen molar-refractivity contribution < 1.29 is 14.4 Å². The van der Waals surface area contributed by atoms with Gasteiger partial charge in [-0.1, -0.05) is 69.2 Å². The van der Waals surface area contributed by atoms with Crippen molar-refractivity contribution in [3.8, 4) is 0 Å². The quantitative estimate of drug-likeness (QED) is 0.327. The highest BCUT2D eigenvalue weighted by atomic mass is 32.1. The van der Waals surface area contributed by atoms with Crippen molar-refractivity contribution in [3.63, 3.8) is 0 Å². The molecule has 7 heteroatoms. The lowest BCUT2D eigenvalue weighted by atomic mass is 9.83. The number of ketones is 1. The number of fused-ring (bicyclic) bond motifs is 1. The summed E-state index contributed by atoms with van der Waals surface area (Å²) >= 11 is 1.53. The van der Waals surface area contributed by atoms with Gasteiger partial charge in [0.05, 0.1) is 23.4 Å². The first-order chi connectivity index (χ1) is 20.4. The van der Waals surface area contributed by atoms with Crippen LogP contribution in [0.3, 0.4) is 0 Å². The van der Waals surface area contributed by atoms with Gasteiger partial charge in [-0.05, 0) is 86.7 Å². The molecule has 1 fully saturated rings. The molecular formula is C35H47N3O3S. The van der Waals surface area contributed by atoms with Gasteiger partial charge in [0.15, 0.2) is 12.1 Å². The monoisotopic (exact) mass is 589 g/mol. The van der Waals surface area contributed by atoms with Crippen LogP contribution in [0.5, 0.6) is 0 Å². The standard InChI is InChI=1S/C26H41N3O2.C9H6OS/c1-19(2)16-24(28-26(31)22-13-7-8-14-23(22)27-3)25(30)18-29-15-9-12-20-10-5-4-6-11-21(20)17-29;10-6-8-5-7-3-1-2-4-9(7)11-8/h5-6,10-11,19,22-24,27H,4,7-9,12-18H2,1-3H3,(H,28,31);1-6H/t22-,23+,24+;/m1./s1. The molecule has 3 aliphatic rings. The van der Waals surface area contributed by atoms with Gasteiger partial charge in [-0.15, -0.1) is 11.3 Å². The number of benzene rings is 1. The summed E-state index contributed by atoms with van der Waals surface area (Å²) in [5.74, 6) is 0.524. The van der Waals surface area contributed by atoms with Crippen molar-refractivity contribution in [2.45, 2.75) is 77.3 Å². The van der Waals surface area contributed by atoms with Gasteiger partial charge in [0.1, 0.15) is 0 Å². The number of thiophene rings is 1. The second-order valence-corrected chi connectivity index (χ2v) is 13.3. The van der Waals surface area contributed by atoms with Gasteiger partial charge < -0.3 is 10.6 Å². The average molecular weight is 590 g/mol. The van der Waals surface area contributed by atoms with E-state index in [1.807, 2.05) is 37.4 Å². The fourth-order valence-electron chi connectivity index (χ4n) is 6.26. The zero-order valence-corrected chi connectivity index (χ0v) is 26.3. The third-order valence-corrected chi connectivity index (χ3v) is 9.50. The number of carbonyl (C=O) groups is 3. The van der Waals surface area contributed by atoms with E-state index >= 15 is 0 Å². The highest BCUT2D eigenvalue weighted by molar-refractivity contribution is 7.20. The van der Waals surface area contributed by atoms with Crippen LogP contribution in [-0.2, 0) is 9.59 Å². The van der Waals surface area contributed by atoms with Crippen LogP contribution >= 0.6 is 11.3 Å². The van der Waals surface area contributed by atoms with Crippen molar-refractivity contribution in [1.29, 1.82) is 0 Å². The van der Waals surface area contributed by atoms with E-state index in [4.69, 9.17) is 0 Å². The lowest BCUT2D eigenvalue weighted by molar-refractivity contribution is -0.132. The predicted molar refractivity (Wildman–Crippen MR) is 174 cm³/mol. The topological polar surface area (TPSA) is 78.5 Å². The van der Waals surface area contributed by atoms with E-state index < -0.39 is 6.04 Å². The molecule has 2 aromatic rings. The molecule has 0 unspecified atom stereocenters. The lowest BCUT2D eigenvalue weighted by Gasteiger charge is -2.32. The molecule has 2 aliphatic carbocycles. The van der Waals surface area contributed by atoms with Gasteiger partial charge >= 0.3 is 0 Å². The van der Waals surface area contributed by atoms with Gasteiger partial charge in [-0.25, -0.2) is 0 Å². The molecule has 42 heavy (non-hydrogen) atoms. The number of Topliss-reactive ketones (excluding diaryl/α,β-unsaturated/α-hetero) is 1. The summed E-state index contributed by atoms with van der Waals surface area (Å²) in [6, 6.07) is 9.72. The van der Waals surface area contributed by atoms with Crippen molar-refractivity contribution in [1.82, 2.24) is 15.5 Å². The minimum Gasteiger partial charge on any atom is -0.346 e. The Morgan fingerprint density at radius 1 is 1.07 bits per heavy atom. The fourth-order valence-corrected chi connectivity index (χ4v) is 7.14. The number of carbonyl (C=O) groups excluding carboxylic acids is 3. The van der Waals surface area contributed by atoms with Crippen molar-refractivity contribution in [3.05, 3.63) is 70.7 Å². The van der Waals surface area contributed by atoms with Crippen LogP contribution in [0.25, 0.3) is 10.1 Å². The highest BCUT2D eigenvalue weighted by Crippen LogP contribution is 2.26. The molecule has 0 bridgehead atoms. The summed E-state index contributed by atoms with van der Waals surface area (Å²) in [7, 11) is 1.94. The molecule has 5 rings (SSSR count). The number of amides is 1. The van der Waals surface area contributed by atoms with Crippen molar-refractivity contribution in [2.24, 2.45) is 11.8 Å². The van der Waals surface area contributed by atoms with Gasteiger partial charge in [0, 0.05) is 17.3 Å². The van der Waals surface area contributed by atoms with E-state index in [0.29, 0.717) is 18.9 Å². The Morgan fingerprint density at radius 3 is 2.57 bits per heavy atom. The molecule has 3 atom stereocenters. The Labute approximate surface area is 255 Å². The Balaban J connectivity index is 0.000000305. The van der Waals surface area contributed by atoms with Crippen LogP contribution in [0.15, 0.2) is 65.8 Å². The van der Waals surface area contributed by atoms with Crippen molar-refractivity contribution >= 4 is 39.4 Å².